The van der Waals surface area contributed by atoms with Gasteiger partial charge in [0.2, 0.25) is 5.91 Å². The summed E-state index contributed by atoms with van der Waals surface area (Å²) in [6.07, 6.45) is 4.93. The predicted molar refractivity (Wildman–Crippen MR) is 114 cm³/mol. The highest BCUT2D eigenvalue weighted by atomic mass is 19.1. The second-order valence-electron chi connectivity index (χ2n) is 8.89. The highest BCUT2D eigenvalue weighted by Gasteiger charge is 2.52. The Hall–Kier alpha value is -2.97. The molecule has 8 nitrogen and oxygen atoms in total. The highest BCUT2D eigenvalue weighted by molar-refractivity contribution is 6.07. The molecule has 2 saturated heterocycles. The summed E-state index contributed by atoms with van der Waals surface area (Å²) in [6.45, 7) is 1.62. The van der Waals surface area contributed by atoms with Crippen molar-refractivity contribution in [1.29, 1.82) is 0 Å². The summed E-state index contributed by atoms with van der Waals surface area (Å²) in [4.78, 5) is 52.8. The SMILES string of the molecule is O=C(NCCCN1C(=O)NC2(CCCC2)C1=O)C1CCN(C(=O)c2ccc(F)cc2)CC1. The number of nitrogens with zero attached hydrogens (tertiary/aromatic N) is 2. The van der Waals surface area contributed by atoms with E-state index in [0.29, 0.717) is 57.3 Å². The lowest BCUT2D eigenvalue weighted by molar-refractivity contribution is -0.131. The Morgan fingerprint density at radius 3 is 2.41 bits per heavy atom. The Labute approximate surface area is 186 Å². The lowest BCUT2D eigenvalue weighted by atomic mass is 9.95. The molecule has 5 amide bonds. The standard InChI is InChI=1S/C23H29FN4O4/c24-18-6-4-17(5-7-18)20(30)27-14-8-16(9-15-27)19(29)25-12-3-13-28-21(31)23(26-22(28)32)10-1-2-11-23/h4-7,16H,1-3,8-15H2,(H,25,29)(H,26,32). The minimum Gasteiger partial charge on any atom is -0.356 e. The van der Waals surface area contributed by atoms with Crippen molar-refractivity contribution in [3.05, 3.63) is 35.6 Å². The van der Waals surface area contributed by atoms with Crippen LogP contribution >= 0.6 is 0 Å². The van der Waals surface area contributed by atoms with Crippen molar-refractivity contribution in [2.75, 3.05) is 26.2 Å². The molecule has 0 bridgehead atoms. The molecule has 0 unspecified atom stereocenters. The van der Waals surface area contributed by atoms with E-state index < -0.39 is 5.54 Å². The first-order chi connectivity index (χ1) is 15.4. The smallest absolute Gasteiger partial charge is 0.325 e. The molecule has 3 aliphatic rings. The Bertz CT molecular complexity index is 890. The Morgan fingerprint density at radius 2 is 1.75 bits per heavy atom. The number of amides is 5. The van der Waals surface area contributed by atoms with E-state index in [1.54, 1.807) is 4.90 Å². The Kier molecular flexibility index (Phi) is 6.43. The molecule has 32 heavy (non-hydrogen) atoms. The number of piperidine rings is 1. The molecule has 1 aromatic carbocycles. The molecule has 1 aromatic rings. The van der Waals surface area contributed by atoms with Crippen LogP contribution in [0.25, 0.3) is 0 Å². The Morgan fingerprint density at radius 1 is 1.09 bits per heavy atom. The molecule has 4 rings (SSSR count). The summed E-state index contributed by atoms with van der Waals surface area (Å²) in [5.74, 6) is -0.916. The van der Waals surface area contributed by atoms with E-state index in [0.717, 1.165) is 12.8 Å². The average molecular weight is 445 g/mol. The fourth-order valence-corrected chi connectivity index (χ4v) is 4.91. The van der Waals surface area contributed by atoms with Crippen LogP contribution in [-0.4, -0.2) is 65.3 Å². The lowest BCUT2D eigenvalue weighted by Gasteiger charge is -2.31. The zero-order chi connectivity index (χ0) is 22.7. The Balaban J connectivity index is 1.17. The summed E-state index contributed by atoms with van der Waals surface area (Å²) < 4.78 is 13.0. The zero-order valence-corrected chi connectivity index (χ0v) is 18.1. The first-order valence-electron chi connectivity index (χ1n) is 11.4. The molecule has 2 aliphatic heterocycles. The van der Waals surface area contributed by atoms with Gasteiger partial charge in [0.25, 0.3) is 11.8 Å². The van der Waals surface area contributed by atoms with Crippen LogP contribution in [0.15, 0.2) is 24.3 Å². The molecule has 1 saturated carbocycles. The summed E-state index contributed by atoms with van der Waals surface area (Å²) in [6, 6.07) is 5.13. The third-order valence-electron chi connectivity index (χ3n) is 6.80. The van der Waals surface area contributed by atoms with E-state index in [1.165, 1.54) is 29.2 Å². The van der Waals surface area contributed by atoms with Crippen LogP contribution in [0.4, 0.5) is 9.18 Å². The van der Waals surface area contributed by atoms with Gasteiger partial charge in [0.1, 0.15) is 11.4 Å². The second-order valence-corrected chi connectivity index (χ2v) is 8.89. The van der Waals surface area contributed by atoms with E-state index in [9.17, 15) is 23.6 Å². The first-order valence-corrected chi connectivity index (χ1v) is 11.4. The van der Waals surface area contributed by atoms with E-state index in [4.69, 9.17) is 0 Å². The van der Waals surface area contributed by atoms with Crippen LogP contribution in [-0.2, 0) is 9.59 Å². The minimum absolute atomic E-state index is 0.0663. The number of urea groups is 1. The molecule has 1 spiro atoms. The number of hydrogen-bond acceptors (Lipinski definition) is 4. The maximum Gasteiger partial charge on any atom is 0.325 e. The normalized spacial score (nSPS) is 20.7. The maximum absolute atomic E-state index is 13.0. The number of rotatable bonds is 6. The van der Waals surface area contributed by atoms with Gasteiger partial charge in [-0.15, -0.1) is 0 Å². The fraction of sp³-hybridized carbons (Fsp3) is 0.565. The quantitative estimate of drug-likeness (QED) is 0.518. The van der Waals surface area contributed by atoms with Gasteiger partial charge >= 0.3 is 6.03 Å². The van der Waals surface area contributed by atoms with Gasteiger partial charge in [-0.2, -0.15) is 0 Å². The first kappa shape index (κ1) is 22.2. The third-order valence-corrected chi connectivity index (χ3v) is 6.80. The van der Waals surface area contributed by atoms with E-state index in [-0.39, 0.29) is 42.0 Å². The number of hydrogen-bond donors (Lipinski definition) is 2. The van der Waals surface area contributed by atoms with Gasteiger partial charge in [0.15, 0.2) is 0 Å². The van der Waals surface area contributed by atoms with Gasteiger partial charge in [-0.1, -0.05) is 12.8 Å². The number of halogens is 1. The lowest BCUT2D eigenvalue weighted by Crippen LogP contribution is -2.44. The summed E-state index contributed by atoms with van der Waals surface area (Å²) in [7, 11) is 0. The number of nitrogens with one attached hydrogen (secondary N) is 2. The summed E-state index contributed by atoms with van der Waals surface area (Å²) in [5, 5.41) is 5.75. The van der Waals surface area contributed by atoms with Gasteiger partial charge in [0, 0.05) is 37.7 Å². The van der Waals surface area contributed by atoms with Crippen molar-refractivity contribution in [2.45, 2.75) is 50.5 Å². The van der Waals surface area contributed by atoms with Crippen LogP contribution in [0, 0.1) is 11.7 Å². The molecular formula is C23H29FN4O4. The minimum atomic E-state index is -0.695. The van der Waals surface area contributed by atoms with Crippen molar-refractivity contribution >= 4 is 23.8 Å². The average Bonchev–Trinajstić information content (AvgIpc) is 3.36. The van der Waals surface area contributed by atoms with Crippen LogP contribution in [0.1, 0.15) is 55.3 Å². The fourth-order valence-electron chi connectivity index (χ4n) is 4.91. The highest BCUT2D eigenvalue weighted by Crippen LogP contribution is 2.35. The second kappa shape index (κ2) is 9.26. The number of carbonyl (C=O) groups excluding carboxylic acids is 4. The number of carbonyl (C=O) groups is 4. The predicted octanol–water partition coefficient (Wildman–Crippen LogP) is 2.05. The molecule has 3 fully saturated rings. The molecular weight excluding hydrogens is 415 g/mol. The van der Waals surface area contributed by atoms with E-state index in [2.05, 4.69) is 10.6 Å². The maximum atomic E-state index is 13.0. The topological polar surface area (TPSA) is 98.8 Å². The van der Waals surface area contributed by atoms with E-state index in [1.807, 2.05) is 0 Å². The van der Waals surface area contributed by atoms with Crippen LogP contribution in [0.2, 0.25) is 0 Å². The third kappa shape index (κ3) is 4.47. The van der Waals surface area contributed by atoms with Crippen LogP contribution in [0.3, 0.4) is 0 Å². The largest absolute Gasteiger partial charge is 0.356 e. The molecule has 9 heteroatoms. The van der Waals surface area contributed by atoms with Crippen molar-refractivity contribution < 1.29 is 23.6 Å². The molecule has 2 heterocycles. The summed E-state index contributed by atoms with van der Waals surface area (Å²) >= 11 is 0. The van der Waals surface area contributed by atoms with Crippen LogP contribution < -0.4 is 10.6 Å². The van der Waals surface area contributed by atoms with Crippen molar-refractivity contribution in [2.24, 2.45) is 5.92 Å². The molecule has 0 atom stereocenters. The molecule has 0 aromatic heterocycles. The van der Waals surface area contributed by atoms with Gasteiger partial charge in [-0.25, -0.2) is 9.18 Å². The molecule has 1 aliphatic carbocycles. The van der Waals surface area contributed by atoms with Crippen molar-refractivity contribution in [3.63, 3.8) is 0 Å². The van der Waals surface area contributed by atoms with Crippen LogP contribution in [0.5, 0.6) is 0 Å². The van der Waals surface area contributed by atoms with Gasteiger partial charge < -0.3 is 15.5 Å². The molecule has 0 radical (unpaired) electrons. The van der Waals surface area contributed by atoms with Gasteiger partial charge in [-0.3, -0.25) is 19.3 Å². The molecule has 2 N–H and O–H groups in total. The van der Waals surface area contributed by atoms with Crippen molar-refractivity contribution in [1.82, 2.24) is 20.4 Å². The molecule has 172 valence electrons. The summed E-state index contributed by atoms with van der Waals surface area (Å²) in [5.41, 5.74) is -0.256. The van der Waals surface area contributed by atoms with Crippen molar-refractivity contribution in [3.8, 4) is 0 Å². The number of imide groups is 1. The number of likely N-dealkylation sites (tertiary alicyclic amines) is 1. The van der Waals surface area contributed by atoms with E-state index >= 15 is 0 Å². The van der Waals surface area contributed by atoms with Gasteiger partial charge in [-0.05, 0) is 56.4 Å². The number of benzene rings is 1. The monoisotopic (exact) mass is 444 g/mol. The zero-order valence-electron chi connectivity index (χ0n) is 18.1. The van der Waals surface area contributed by atoms with Gasteiger partial charge in [0.05, 0.1) is 0 Å².